The molecule has 0 saturated heterocycles. The van der Waals surface area contributed by atoms with Crippen LogP contribution in [0.15, 0.2) is 22.5 Å². The van der Waals surface area contributed by atoms with Crippen LogP contribution in [0.1, 0.15) is 31.9 Å². The molecule has 0 aliphatic heterocycles. The van der Waals surface area contributed by atoms with E-state index in [0.717, 1.165) is 15.2 Å². The first kappa shape index (κ1) is 18.7. The normalized spacial score (nSPS) is 12.2. The number of rotatable bonds is 7. The number of hydrogen-bond acceptors (Lipinski definition) is 6. The Bertz CT molecular complexity index is 700. The molecular formula is C17H24N4OS2. The van der Waals surface area contributed by atoms with Crippen molar-refractivity contribution in [2.75, 3.05) is 11.1 Å². The molecule has 1 heterocycles. The van der Waals surface area contributed by atoms with Crippen LogP contribution in [-0.2, 0) is 4.79 Å². The zero-order valence-electron chi connectivity index (χ0n) is 14.7. The second-order valence-electron chi connectivity index (χ2n) is 6.19. The standard InChI is InChI=1S/C17H24N4OS2/c1-10(2)13(5)18-15(22)9-23-17-21-20-16(24-17)19-14-7-6-11(3)12(4)8-14/h6-8,10,13H,9H2,1-5H3,(H,18,22)(H,19,20). The number of amides is 1. The number of carbonyl (C=O) groups excluding carboxylic acids is 1. The van der Waals surface area contributed by atoms with E-state index in [9.17, 15) is 4.79 Å². The minimum absolute atomic E-state index is 0.0278. The van der Waals surface area contributed by atoms with Gasteiger partial charge in [0.2, 0.25) is 11.0 Å². The molecule has 0 aliphatic carbocycles. The van der Waals surface area contributed by atoms with E-state index in [0.29, 0.717) is 11.7 Å². The minimum Gasteiger partial charge on any atom is -0.353 e. The topological polar surface area (TPSA) is 66.9 Å². The fraction of sp³-hybridized carbons (Fsp3) is 0.471. The van der Waals surface area contributed by atoms with Crippen molar-refractivity contribution < 1.29 is 4.79 Å². The van der Waals surface area contributed by atoms with Crippen LogP contribution in [0.25, 0.3) is 0 Å². The molecule has 0 spiro atoms. The first-order chi connectivity index (χ1) is 11.3. The molecule has 1 unspecified atom stereocenters. The maximum absolute atomic E-state index is 11.9. The first-order valence-corrected chi connectivity index (χ1v) is 9.75. The number of aromatic nitrogens is 2. The smallest absolute Gasteiger partial charge is 0.230 e. The average molecular weight is 365 g/mol. The van der Waals surface area contributed by atoms with Crippen LogP contribution in [0.3, 0.4) is 0 Å². The Balaban J connectivity index is 1.86. The van der Waals surface area contributed by atoms with E-state index in [1.54, 1.807) is 0 Å². The third-order valence-corrected chi connectivity index (χ3v) is 5.85. The van der Waals surface area contributed by atoms with Crippen LogP contribution in [0.2, 0.25) is 0 Å². The van der Waals surface area contributed by atoms with Gasteiger partial charge in [0.05, 0.1) is 5.75 Å². The average Bonchev–Trinajstić information content (AvgIpc) is 2.96. The van der Waals surface area contributed by atoms with Gasteiger partial charge in [0.15, 0.2) is 4.34 Å². The Morgan fingerprint density at radius 2 is 1.96 bits per heavy atom. The van der Waals surface area contributed by atoms with Gasteiger partial charge in [-0.25, -0.2) is 0 Å². The highest BCUT2D eigenvalue weighted by atomic mass is 32.2. The summed E-state index contributed by atoms with van der Waals surface area (Å²) >= 11 is 2.87. The summed E-state index contributed by atoms with van der Waals surface area (Å²) in [5.41, 5.74) is 3.49. The lowest BCUT2D eigenvalue weighted by atomic mass is 10.1. The lowest BCUT2D eigenvalue weighted by Crippen LogP contribution is -2.37. The van der Waals surface area contributed by atoms with E-state index in [4.69, 9.17) is 0 Å². The molecule has 0 bridgehead atoms. The van der Waals surface area contributed by atoms with Crippen LogP contribution in [0, 0.1) is 19.8 Å². The number of benzene rings is 1. The summed E-state index contributed by atoms with van der Waals surface area (Å²) in [7, 11) is 0. The van der Waals surface area contributed by atoms with Crippen molar-refractivity contribution in [1.82, 2.24) is 15.5 Å². The summed E-state index contributed by atoms with van der Waals surface area (Å²) in [6.07, 6.45) is 0. The number of hydrogen-bond donors (Lipinski definition) is 2. The minimum atomic E-state index is 0.0278. The van der Waals surface area contributed by atoms with Crippen LogP contribution in [0.4, 0.5) is 10.8 Å². The van der Waals surface area contributed by atoms with Gasteiger partial charge in [-0.2, -0.15) is 0 Å². The fourth-order valence-electron chi connectivity index (χ4n) is 1.85. The molecule has 1 aromatic carbocycles. The number of carbonyl (C=O) groups is 1. The molecule has 0 fully saturated rings. The Labute approximate surface area is 151 Å². The van der Waals surface area contributed by atoms with Gasteiger partial charge in [-0.15, -0.1) is 10.2 Å². The molecule has 1 atom stereocenters. The Kier molecular flexibility index (Phi) is 6.62. The zero-order chi connectivity index (χ0) is 17.7. The van der Waals surface area contributed by atoms with Crippen molar-refractivity contribution in [3.63, 3.8) is 0 Å². The predicted molar refractivity (Wildman–Crippen MR) is 102 cm³/mol. The zero-order valence-corrected chi connectivity index (χ0v) is 16.3. The predicted octanol–water partition coefficient (Wildman–Crippen LogP) is 4.15. The Hall–Kier alpha value is -1.60. The van der Waals surface area contributed by atoms with Gasteiger partial charge in [-0.05, 0) is 49.9 Å². The molecule has 2 N–H and O–H groups in total. The second-order valence-corrected chi connectivity index (χ2v) is 8.39. The number of nitrogens with one attached hydrogen (secondary N) is 2. The number of aryl methyl sites for hydroxylation is 2. The Morgan fingerprint density at radius 3 is 2.62 bits per heavy atom. The van der Waals surface area contributed by atoms with E-state index in [-0.39, 0.29) is 11.9 Å². The molecule has 130 valence electrons. The number of thioether (sulfide) groups is 1. The molecule has 5 nitrogen and oxygen atoms in total. The quantitative estimate of drug-likeness (QED) is 0.723. The lowest BCUT2D eigenvalue weighted by Gasteiger charge is -2.16. The molecule has 0 aliphatic rings. The van der Waals surface area contributed by atoms with E-state index < -0.39 is 0 Å². The maximum atomic E-state index is 11.9. The van der Waals surface area contributed by atoms with Crippen LogP contribution in [0.5, 0.6) is 0 Å². The van der Waals surface area contributed by atoms with E-state index in [1.807, 2.05) is 13.0 Å². The molecular weight excluding hydrogens is 340 g/mol. The monoisotopic (exact) mass is 364 g/mol. The van der Waals surface area contributed by atoms with Gasteiger partial charge in [-0.1, -0.05) is 43.0 Å². The molecule has 24 heavy (non-hydrogen) atoms. The van der Waals surface area contributed by atoms with Crippen molar-refractivity contribution in [2.45, 2.75) is 45.0 Å². The number of anilines is 2. The van der Waals surface area contributed by atoms with Crippen molar-refractivity contribution >= 4 is 39.8 Å². The summed E-state index contributed by atoms with van der Waals surface area (Å²) in [4.78, 5) is 11.9. The highest BCUT2D eigenvalue weighted by molar-refractivity contribution is 8.01. The largest absolute Gasteiger partial charge is 0.353 e. The van der Waals surface area contributed by atoms with Crippen LogP contribution >= 0.6 is 23.1 Å². The van der Waals surface area contributed by atoms with Gasteiger partial charge >= 0.3 is 0 Å². The highest BCUT2D eigenvalue weighted by Crippen LogP contribution is 2.28. The van der Waals surface area contributed by atoms with E-state index in [1.165, 1.54) is 34.2 Å². The molecule has 2 aromatic rings. The summed E-state index contributed by atoms with van der Waals surface area (Å²) in [5.74, 6) is 0.810. The second kappa shape index (κ2) is 8.48. The van der Waals surface area contributed by atoms with Crippen molar-refractivity contribution in [3.05, 3.63) is 29.3 Å². The molecule has 2 rings (SSSR count). The molecule has 7 heteroatoms. The third-order valence-electron chi connectivity index (χ3n) is 3.88. The Morgan fingerprint density at radius 1 is 1.21 bits per heavy atom. The molecule has 1 aromatic heterocycles. The van der Waals surface area contributed by atoms with Crippen molar-refractivity contribution in [3.8, 4) is 0 Å². The van der Waals surface area contributed by atoms with Crippen molar-refractivity contribution in [1.29, 1.82) is 0 Å². The number of nitrogens with zero attached hydrogens (tertiary/aromatic N) is 2. The molecule has 0 saturated carbocycles. The van der Waals surface area contributed by atoms with Gasteiger partial charge < -0.3 is 10.6 Å². The third kappa shape index (κ3) is 5.49. The van der Waals surface area contributed by atoms with Gasteiger partial charge in [0.1, 0.15) is 0 Å². The SMILES string of the molecule is Cc1ccc(Nc2nnc(SCC(=O)NC(C)C(C)C)s2)cc1C. The van der Waals surface area contributed by atoms with E-state index >= 15 is 0 Å². The van der Waals surface area contributed by atoms with Gasteiger partial charge in [-0.3, -0.25) is 4.79 Å². The first-order valence-electron chi connectivity index (χ1n) is 7.95. The summed E-state index contributed by atoms with van der Waals surface area (Å²) in [5, 5.41) is 15.2. The van der Waals surface area contributed by atoms with Crippen molar-refractivity contribution in [2.24, 2.45) is 5.92 Å². The van der Waals surface area contributed by atoms with E-state index in [2.05, 4.69) is 60.7 Å². The van der Waals surface area contributed by atoms with Crippen LogP contribution in [-0.4, -0.2) is 27.9 Å². The van der Waals surface area contributed by atoms with Gasteiger partial charge in [0, 0.05) is 11.7 Å². The van der Waals surface area contributed by atoms with Crippen LogP contribution < -0.4 is 10.6 Å². The fourth-order valence-corrected chi connectivity index (χ4v) is 3.43. The summed E-state index contributed by atoms with van der Waals surface area (Å²) in [6, 6.07) is 6.37. The summed E-state index contributed by atoms with van der Waals surface area (Å²) < 4.78 is 0.786. The molecule has 1 amide bonds. The lowest BCUT2D eigenvalue weighted by molar-refractivity contribution is -0.119. The van der Waals surface area contributed by atoms with Gasteiger partial charge in [0.25, 0.3) is 0 Å². The highest BCUT2D eigenvalue weighted by Gasteiger charge is 2.12. The maximum Gasteiger partial charge on any atom is 0.230 e. The summed E-state index contributed by atoms with van der Waals surface area (Å²) in [6.45, 7) is 10.4. The molecule has 0 radical (unpaired) electrons.